The van der Waals surface area contributed by atoms with Crippen LogP contribution in [0.5, 0.6) is 0 Å². The van der Waals surface area contributed by atoms with Gasteiger partial charge in [0.25, 0.3) is 0 Å². The van der Waals surface area contributed by atoms with Gasteiger partial charge in [-0.05, 0) is 0 Å². The minimum absolute atomic E-state index is 1.25. The van der Waals surface area contributed by atoms with E-state index in [1.54, 1.807) is 0 Å². The molecule has 0 unspecified atom stereocenters. The summed E-state index contributed by atoms with van der Waals surface area (Å²) >= 11 is 0. The third kappa shape index (κ3) is 17.6. The minimum atomic E-state index is 1.25. The highest BCUT2D eigenvalue weighted by Crippen LogP contribution is 1.79. The zero-order valence-corrected chi connectivity index (χ0v) is 8.17. The molecule has 0 radical (unpaired) electrons. The van der Waals surface area contributed by atoms with Crippen LogP contribution in [0.2, 0.25) is 0 Å². The molecule has 64 valence electrons. The van der Waals surface area contributed by atoms with Gasteiger partial charge in [-0.3, -0.25) is 0 Å². The van der Waals surface area contributed by atoms with E-state index in [0.29, 0.717) is 0 Å². The zero-order chi connectivity index (χ0) is 8.95. The summed E-state index contributed by atoms with van der Waals surface area (Å²) in [6.07, 6.45) is 1.25. The fourth-order valence-corrected chi connectivity index (χ4v) is 0.385. The Morgan fingerprint density at radius 3 is 0.818 bits per heavy atom. The predicted octanol–water partition coefficient (Wildman–Crippen LogP) is 4.13. The molecule has 0 amide bonds. The molecule has 1 aromatic carbocycles. The zero-order valence-electron chi connectivity index (χ0n) is 8.17. The second kappa shape index (κ2) is 16.1. The van der Waals surface area contributed by atoms with E-state index in [1.165, 1.54) is 6.42 Å². The molecule has 1 aromatic rings. The van der Waals surface area contributed by atoms with Gasteiger partial charge in [-0.25, -0.2) is 0 Å². The van der Waals surface area contributed by atoms with E-state index in [9.17, 15) is 0 Å². The summed E-state index contributed by atoms with van der Waals surface area (Å²) in [7, 11) is 0. The number of hydrogen-bond donors (Lipinski definition) is 0. The molecule has 0 spiro atoms. The normalized spacial score (nSPS) is 6.55. The van der Waals surface area contributed by atoms with E-state index in [-0.39, 0.29) is 0 Å². The van der Waals surface area contributed by atoms with Crippen LogP contribution in [0.25, 0.3) is 0 Å². The maximum absolute atomic E-state index is 2.12. The van der Waals surface area contributed by atoms with Crippen LogP contribution in [0.3, 0.4) is 0 Å². The Labute approximate surface area is 71.3 Å². The maximum atomic E-state index is 2.12. The number of benzene rings is 1. The second-order valence-electron chi connectivity index (χ2n) is 1.86. The number of hydrogen-bond acceptors (Lipinski definition) is 0. The molecule has 0 nitrogen and oxygen atoms in total. The Hall–Kier alpha value is -0.780. The summed E-state index contributed by atoms with van der Waals surface area (Å²) in [6.45, 7) is 8.25. The SMILES string of the molecule is CC.CCC.c1ccccc1. The molecular formula is C11H20. The van der Waals surface area contributed by atoms with Gasteiger partial charge in [-0.2, -0.15) is 0 Å². The first-order chi connectivity index (χ1) is 5.41. The molecule has 0 aliphatic rings. The van der Waals surface area contributed by atoms with Crippen molar-refractivity contribution in [2.45, 2.75) is 34.1 Å². The topological polar surface area (TPSA) is 0 Å². The smallest absolute Gasteiger partial charge is 0.0590 e. The van der Waals surface area contributed by atoms with E-state index < -0.39 is 0 Å². The van der Waals surface area contributed by atoms with Gasteiger partial charge in [-0.15, -0.1) is 0 Å². The molecule has 0 aliphatic heterocycles. The summed E-state index contributed by atoms with van der Waals surface area (Å²) in [6, 6.07) is 12.0. The quantitative estimate of drug-likeness (QED) is 0.524. The van der Waals surface area contributed by atoms with Gasteiger partial charge in [0.2, 0.25) is 0 Å². The molecule has 0 aromatic heterocycles. The first-order valence-corrected chi connectivity index (χ1v) is 4.41. The van der Waals surface area contributed by atoms with Gasteiger partial charge in [0.05, 0.1) is 0 Å². The van der Waals surface area contributed by atoms with Crippen molar-refractivity contribution in [3.63, 3.8) is 0 Å². The van der Waals surface area contributed by atoms with Crippen molar-refractivity contribution in [3.8, 4) is 0 Å². The lowest BCUT2D eigenvalue weighted by Crippen LogP contribution is -1.47. The van der Waals surface area contributed by atoms with Crippen LogP contribution in [-0.4, -0.2) is 0 Å². The van der Waals surface area contributed by atoms with E-state index >= 15 is 0 Å². The van der Waals surface area contributed by atoms with Crippen LogP contribution in [0.1, 0.15) is 34.1 Å². The van der Waals surface area contributed by atoms with Crippen molar-refractivity contribution in [2.75, 3.05) is 0 Å². The second-order valence-corrected chi connectivity index (χ2v) is 1.86. The van der Waals surface area contributed by atoms with E-state index in [0.717, 1.165) is 0 Å². The molecule has 0 saturated carbocycles. The van der Waals surface area contributed by atoms with E-state index in [1.807, 2.05) is 50.2 Å². The van der Waals surface area contributed by atoms with E-state index in [4.69, 9.17) is 0 Å². The molecule has 0 N–H and O–H groups in total. The Morgan fingerprint density at radius 1 is 0.636 bits per heavy atom. The average Bonchev–Trinajstić information content (AvgIpc) is 2.12. The fourth-order valence-electron chi connectivity index (χ4n) is 0.385. The highest BCUT2D eigenvalue weighted by molar-refractivity contribution is 4.99. The van der Waals surface area contributed by atoms with Gasteiger partial charge < -0.3 is 0 Å². The van der Waals surface area contributed by atoms with Crippen molar-refractivity contribution in [1.82, 2.24) is 0 Å². The third-order valence-corrected chi connectivity index (χ3v) is 0.667. The molecule has 0 aliphatic carbocycles. The van der Waals surface area contributed by atoms with Crippen LogP contribution in [-0.2, 0) is 0 Å². The minimum Gasteiger partial charge on any atom is -0.0683 e. The van der Waals surface area contributed by atoms with Crippen LogP contribution >= 0.6 is 0 Å². The standard InChI is InChI=1S/C6H6.C3H8.C2H6/c1-2-4-6-5-3-1;1-3-2;1-2/h1-6H;3H2,1-2H3;1-2H3. The van der Waals surface area contributed by atoms with Crippen molar-refractivity contribution in [1.29, 1.82) is 0 Å². The van der Waals surface area contributed by atoms with Crippen LogP contribution in [0.4, 0.5) is 0 Å². The Balaban J connectivity index is 0. The summed E-state index contributed by atoms with van der Waals surface area (Å²) < 4.78 is 0. The van der Waals surface area contributed by atoms with Gasteiger partial charge in [-0.1, -0.05) is 70.5 Å². The van der Waals surface area contributed by atoms with Crippen molar-refractivity contribution < 1.29 is 0 Å². The summed E-state index contributed by atoms with van der Waals surface area (Å²) in [5.74, 6) is 0. The fraction of sp³-hybridized carbons (Fsp3) is 0.455. The van der Waals surface area contributed by atoms with Gasteiger partial charge in [0, 0.05) is 0 Å². The monoisotopic (exact) mass is 152 g/mol. The highest BCUT2D eigenvalue weighted by Gasteiger charge is 1.57. The molecule has 0 bridgehead atoms. The van der Waals surface area contributed by atoms with Crippen LogP contribution in [0, 0.1) is 0 Å². The van der Waals surface area contributed by atoms with Crippen LogP contribution in [0.15, 0.2) is 36.4 Å². The van der Waals surface area contributed by atoms with Crippen molar-refractivity contribution in [3.05, 3.63) is 36.4 Å². The molecule has 11 heavy (non-hydrogen) atoms. The first kappa shape index (κ1) is 12.9. The first-order valence-electron chi connectivity index (χ1n) is 4.41. The predicted molar refractivity (Wildman–Crippen MR) is 53.8 cm³/mol. The largest absolute Gasteiger partial charge is 0.0683 e. The summed E-state index contributed by atoms with van der Waals surface area (Å²) in [4.78, 5) is 0. The summed E-state index contributed by atoms with van der Waals surface area (Å²) in [5.41, 5.74) is 0. The van der Waals surface area contributed by atoms with E-state index in [2.05, 4.69) is 13.8 Å². The lowest BCUT2D eigenvalue weighted by Gasteiger charge is -1.69. The molecular weight excluding hydrogens is 132 g/mol. The molecule has 0 fully saturated rings. The van der Waals surface area contributed by atoms with Crippen molar-refractivity contribution >= 4 is 0 Å². The van der Waals surface area contributed by atoms with Crippen LogP contribution < -0.4 is 0 Å². The maximum Gasteiger partial charge on any atom is -0.0590 e. The lowest BCUT2D eigenvalue weighted by molar-refractivity contribution is 1.09. The molecule has 0 heteroatoms. The number of rotatable bonds is 0. The van der Waals surface area contributed by atoms with Gasteiger partial charge in [0.15, 0.2) is 0 Å². The Bertz CT molecular complexity index is 82.9. The lowest BCUT2D eigenvalue weighted by atomic mass is 10.4. The van der Waals surface area contributed by atoms with Crippen molar-refractivity contribution in [2.24, 2.45) is 0 Å². The van der Waals surface area contributed by atoms with Gasteiger partial charge in [0.1, 0.15) is 0 Å². The molecule has 0 saturated heterocycles. The summed E-state index contributed by atoms with van der Waals surface area (Å²) in [5, 5.41) is 0. The molecule has 0 heterocycles. The third-order valence-electron chi connectivity index (χ3n) is 0.667. The van der Waals surface area contributed by atoms with Gasteiger partial charge >= 0.3 is 0 Å². The Kier molecular flexibility index (Phi) is 18.8. The highest BCUT2D eigenvalue weighted by atomic mass is 13.6. The molecule has 1 rings (SSSR count). The molecule has 0 atom stereocenters. The average molecular weight is 152 g/mol. The Morgan fingerprint density at radius 2 is 0.727 bits per heavy atom.